The molecule has 4 rings (SSSR count). The number of aryl methyl sites for hydroxylation is 1. The number of nitrogens with zero attached hydrogens (tertiary/aromatic N) is 1. The van der Waals surface area contributed by atoms with Gasteiger partial charge in [-0.2, -0.15) is 0 Å². The number of carbonyl (C=O) groups is 2. The third kappa shape index (κ3) is 9.21. The van der Waals surface area contributed by atoms with Crippen LogP contribution in [0.1, 0.15) is 39.9 Å². The van der Waals surface area contributed by atoms with Gasteiger partial charge in [0, 0.05) is 38.1 Å². The van der Waals surface area contributed by atoms with Crippen molar-refractivity contribution in [2.45, 2.75) is 51.1 Å². The molecule has 3 aromatic rings. The van der Waals surface area contributed by atoms with Crippen molar-refractivity contribution >= 4 is 21.7 Å². The summed E-state index contributed by atoms with van der Waals surface area (Å²) in [6.45, 7) is 4.43. The molecule has 43 heavy (non-hydrogen) atoms. The van der Waals surface area contributed by atoms with Crippen LogP contribution in [0.15, 0.2) is 72.8 Å². The van der Waals surface area contributed by atoms with Crippen LogP contribution in [-0.2, 0) is 37.3 Å². The minimum Gasteiger partial charge on any atom is -0.480 e. The number of rotatable bonds is 14. The van der Waals surface area contributed by atoms with Gasteiger partial charge in [0.1, 0.15) is 15.9 Å². The summed E-state index contributed by atoms with van der Waals surface area (Å²) in [5.74, 6) is -2.20. The van der Waals surface area contributed by atoms with E-state index < -0.39 is 27.8 Å². The number of carbonyl (C=O) groups excluding carboxylic acids is 1. The first-order valence-corrected chi connectivity index (χ1v) is 16.4. The monoisotopic (exact) mass is 608 g/mol. The zero-order chi connectivity index (χ0) is 31.0. The third-order valence-corrected chi connectivity index (χ3v) is 8.68. The molecule has 1 aliphatic rings. The molecule has 0 saturated carbocycles. The number of carboxylic acid groups (broad SMARTS) is 1. The number of aliphatic carboxylic acids is 1. The second-order valence-electron chi connectivity index (χ2n) is 11.2. The molecule has 9 nitrogen and oxygen atoms in total. The normalized spacial score (nSPS) is 17.9. The highest BCUT2D eigenvalue weighted by molar-refractivity contribution is 7.90. The van der Waals surface area contributed by atoms with Gasteiger partial charge >= 0.3 is 5.97 Å². The number of benzene rings is 3. The van der Waals surface area contributed by atoms with Gasteiger partial charge < -0.3 is 19.9 Å². The van der Waals surface area contributed by atoms with Crippen LogP contribution < -0.4 is 5.32 Å². The summed E-state index contributed by atoms with van der Waals surface area (Å²) in [5, 5.41) is 12.2. The smallest absolute Gasteiger partial charge is 0.326 e. The Balaban J connectivity index is 1.56. The summed E-state index contributed by atoms with van der Waals surface area (Å²) in [6.07, 6.45) is 1.72. The Hall–Kier alpha value is -3.57. The molecular weight excluding hydrogens is 568 g/mol. The molecule has 1 fully saturated rings. The Morgan fingerprint density at radius 2 is 1.74 bits per heavy atom. The first-order chi connectivity index (χ1) is 20.5. The second-order valence-corrected chi connectivity index (χ2v) is 13.4. The van der Waals surface area contributed by atoms with Gasteiger partial charge in [0.2, 0.25) is 0 Å². The van der Waals surface area contributed by atoms with E-state index in [1.165, 1.54) is 0 Å². The molecule has 0 aromatic heterocycles. The molecule has 0 aliphatic carbocycles. The number of amides is 1. The number of sulfone groups is 1. The molecule has 3 atom stereocenters. The van der Waals surface area contributed by atoms with E-state index in [2.05, 4.69) is 22.3 Å². The number of hydrogen-bond donors (Lipinski definition) is 2. The fraction of sp³-hybridized carbons (Fsp3) is 0.394. The predicted octanol–water partition coefficient (Wildman–Crippen LogP) is 4.09. The van der Waals surface area contributed by atoms with Gasteiger partial charge in [0.05, 0.1) is 25.1 Å². The maximum Gasteiger partial charge on any atom is 0.326 e. The summed E-state index contributed by atoms with van der Waals surface area (Å²) in [4.78, 5) is 27.6. The maximum absolute atomic E-state index is 13.4. The van der Waals surface area contributed by atoms with Crippen molar-refractivity contribution in [1.29, 1.82) is 0 Å². The minimum atomic E-state index is -3.40. The predicted molar refractivity (Wildman–Crippen MR) is 166 cm³/mol. The van der Waals surface area contributed by atoms with Crippen molar-refractivity contribution in [2.75, 3.05) is 32.3 Å². The molecule has 10 heteroatoms. The van der Waals surface area contributed by atoms with Gasteiger partial charge in [-0.1, -0.05) is 60.7 Å². The lowest BCUT2D eigenvalue weighted by atomic mass is 9.93. The van der Waals surface area contributed by atoms with Gasteiger partial charge in [-0.25, -0.2) is 13.2 Å². The van der Waals surface area contributed by atoms with Gasteiger partial charge in [0.15, 0.2) is 0 Å². The van der Waals surface area contributed by atoms with Crippen LogP contribution in [0.5, 0.6) is 0 Å². The van der Waals surface area contributed by atoms with Gasteiger partial charge in [-0.05, 0) is 59.7 Å². The molecule has 1 saturated heterocycles. The van der Waals surface area contributed by atoms with Crippen molar-refractivity contribution in [1.82, 2.24) is 10.2 Å². The largest absolute Gasteiger partial charge is 0.480 e. The van der Waals surface area contributed by atoms with Crippen LogP contribution in [0.3, 0.4) is 0 Å². The van der Waals surface area contributed by atoms with E-state index in [-0.39, 0.29) is 24.3 Å². The highest BCUT2D eigenvalue weighted by Gasteiger charge is 2.33. The first-order valence-electron chi connectivity index (χ1n) is 14.3. The Bertz CT molecular complexity index is 1510. The van der Waals surface area contributed by atoms with E-state index in [9.17, 15) is 23.1 Å². The number of nitrogens with one attached hydrogen (secondary N) is 1. The summed E-state index contributed by atoms with van der Waals surface area (Å²) < 4.78 is 35.0. The Labute approximate surface area is 253 Å². The van der Waals surface area contributed by atoms with E-state index in [4.69, 9.17) is 9.47 Å². The zero-order valence-corrected chi connectivity index (χ0v) is 25.7. The van der Waals surface area contributed by atoms with Crippen LogP contribution in [0.2, 0.25) is 0 Å². The first kappa shape index (κ1) is 32.3. The topological polar surface area (TPSA) is 122 Å². The molecular formula is C33H40N2O7S. The molecule has 0 spiro atoms. The van der Waals surface area contributed by atoms with Crippen molar-refractivity contribution in [3.05, 3.63) is 95.1 Å². The van der Waals surface area contributed by atoms with Crippen molar-refractivity contribution in [2.24, 2.45) is 0 Å². The lowest BCUT2D eigenvalue weighted by molar-refractivity contribution is -0.139. The quantitative estimate of drug-likeness (QED) is 0.281. The van der Waals surface area contributed by atoms with Crippen LogP contribution in [-0.4, -0.2) is 80.8 Å². The molecule has 0 radical (unpaired) electrons. The third-order valence-electron chi connectivity index (χ3n) is 7.71. The van der Waals surface area contributed by atoms with Gasteiger partial charge in [-0.3, -0.25) is 9.69 Å². The average molecular weight is 609 g/mol. The molecule has 3 aromatic carbocycles. The Morgan fingerprint density at radius 1 is 1.02 bits per heavy atom. The van der Waals surface area contributed by atoms with Crippen molar-refractivity contribution in [3.8, 4) is 11.1 Å². The van der Waals surface area contributed by atoms with E-state index in [1.54, 1.807) is 13.2 Å². The number of hydrogen-bond acceptors (Lipinski definition) is 7. The average Bonchev–Trinajstić information content (AvgIpc) is 3.35. The van der Waals surface area contributed by atoms with Crippen LogP contribution in [0, 0.1) is 6.92 Å². The number of carboxylic acids is 1. The molecule has 1 aliphatic heterocycles. The van der Waals surface area contributed by atoms with E-state index in [1.807, 2.05) is 61.5 Å². The molecule has 2 N–H and O–H groups in total. The lowest BCUT2D eigenvalue weighted by Crippen LogP contribution is -2.42. The van der Waals surface area contributed by atoms with Gasteiger partial charge in [-0.15, -0.1) is 0 Å². The second kappa shape index (κ2) is 14.7. The Kier molecular flexibility index (Phi) is 11.1. The van der Waals surface area contributed by atoms with Crippen LogP contribution >= 0.6 is 0 Å². The number of likely N-dealkylation sites (tertiary alicyclic amines) is 1. The Morgan fingerprint density at radius 3 is 2.42 bits per heavy atom. The highest BCUT2D eigenvalue weighted by Crippen LogP contribution is 2.30. The molecule has 230 valence electrons. The summed E-state index contributed by atoms with van der Waals surface area (Å²) in [5.41, 5.74) is 4.95. The highest BCUT2D eigenvalue weighted by atomic mass is 32.2. The number of methoxy groups -OCH3 is 1. The molecule has 0 unspecified atom stereocenters. The van der Waals surface area contributed by atoms with Crippen molar-refractivity contribution in [3.63, 3.8) is 0 Å². The van der Waals surface area contributed by atoms with Crippen molar-refractivity contribution < 1.29 is 32.6 Å². The molecule has 0 bridgehead atoms. The standard InChI is InChI=1S/C33H40N2O7S/c1-23-9-7-8-12-28(23)30-17-25(13-14-29(30)32(36)34-31(33(37)38)15-16-43(3,39)40)19-35-20-27(18-26(35)22-41-2)42-21-24-10-5-4-6-11-24/h4-14,17,26-27,31H,15-16,18-22H2,1-3H3,(H,34,36)(H,37,38)/t26-,27+,31-/m0/s1. The van der Waals surface area contributed by atoms with E-state index in [0.717, 1.165) is 41.5 Å². The molecule has 1 heterocycles. The maximum atomic E-state index is 13.4. The minimum absolute atomic E-state index is 0.0566. The fourth-order valence-electron chi connectivity index (χ4n) is 5.45. The zero-order valence-electron chi connectivity index (χ0n) is 24.9. The fourth-order valence-corrected chi connectivity index (χ4v) is 6.12. The SMILES string of the molecule is COC[C@@H]1C[C@@H](OCc2ccccc2)CN1Cc1ccc(C(=O)N[C@@H](CCS(C)(=O)=O)C(=O)O)c(-c2ccccc2C)c1. The van der Waals surface area contributed by atoms with Crippen LogP contribution in [0.25, 0.3) is 11.1 Å². The summed E-state index contributed by atoms with van der Waals surface area (Å²) in [7, 11) is -1.70. The van der Waals surface area contributed by atoms with Gasteiger partial charge in [0.25, 0.3) is 5.91 Å². The lowest BCUT2D eigenvalue weighted by Gasteiger charge is -2.24. The van der Waals surface area contributed by atoms with E-state index >= 15 is 0 Å². The molecule has 1 amide bonds. The number of ether oxygens (including phenoxy) is 2. The summed E-state index contributed by atoms with van der Waals surface area (Å²) in [6, 6.07) is 22.2. The van der Waals surface area contributed by atoms with E-state index in [0.29, 0.717) is 30.9 Å². The summed E-state index contributed by atoms with van der Waals surface area (Å²) >= 11 is 0. The van der Waals surface area contributed by atoms with Crippen LogP contribution in [0.4, 0.5) is 0 Å².